The molecule has 3 N–H and O–H groups in total. The third-order valence-corrected chi connectivity index (χ3v) is 5.55. The van der Waals surface area contributed by atoms with Crippen LogP contribution < -0.4 is 10.7 Å². The average Bonchev–Trinajstić information content (AvgIpc) is 3.06. The lowest BCUT2D eigenvalue weighted by molar-refractivity contribution is 0.0527. The normalized spacial score (nSPS) is 10.9. The molecular formula is C21H16Cl2IN3O5. The van der Waals surface area contributed by atoms with Crippen LogP contribution in [0.1, 0.15) is 33.4 Å². The van der Waals surface area contributed by atoms with Crippen molar-refractivity contribution in [2.45, 2.75) is 6.92 Å². The molecule has 1 heterocycles. The molecule has 0 fully saturated rings. The van der Waals surface area contributed by atoms with Crippen LogP contribution in [0.4, 0.5) is 11.6 Å². The van der Waals surface area contributed by atoms with Gasteiger partial charge >= 0.3 is 5.97 Å². The second-order valence-corrected chi connectivity index (χ2v) is 8.18. The lowest BCUT2D eigenvalue weighted by atomic mass is 10.2. The van der Waals surface area contributed by atoms with Crippen molar-refractivity contribution >= 4 is 75.5 Å². The fourth-order valence-electron chi connectivity index (χ4n) is 2.52. The molecule has 3 aromatic rings. The van der Waals surface area contributed by atoms with E-state index in [9.17, 15) is 14.7 Å². The summed E-state index contributed by atoms with van der Waals surface area (Å²) in [6, 6.07) is 11.2. The van der Waals surface area contributed by atoms with Crippen LogP contribution in [0.3, 0.4) is 0 Å². The Labute approximate surface area is 206 Å². The van der Waals surface area contributed by atoms with E-state index in [1.54, 1.807) is 43.3 Å². The number of benzene rings is 2. The van der Waals surface area contributed by atoms with Gasteiger partial charge in [0.1, 0.15) is 16.3 Å². The van der Waals surface area contributed by atoms with E-state index in [2.05, 4.69) is 15.8 Å². The zero-order chi connectivity index (χ0) is 23.3. The van der Waals surface area contributed by atoms with Gasteiger partial charge in [-0.3, -0.25) is 4.79 Å². The number of halogens is 3. The van der Waals surface area contributed by atoms with E-state index in [1.165, 1.54) is 6.07 Å². The maximum atomic E-state index is 12.4. The third kappa shape index (κ3) is 5.72. The minimum Gasteiger partial charge on any atom is -0.507 e. The summed E-state index contributed by atoms with van der Waals surface area (Å²) in [7, 11) is 0. The van der Waals surface area contributed by atoms with E-state index in [-0.39, 0.29) is 40.2 Å². The number of anilines is 2. The predicted octanol–water partition coefficient (Wildman–Crippen LogP) is 5.58. The first-order valence-electron chi connectivity index (χ1n) is 9.14. The van der Waals surface area contributed by atoms with Crippen LogP contribution in [0.25, 0.3) is 0 Å². The molecule has 0 saturated carbocycles. The zero-order valence-electron chi connectivity index (χ0n) is 16.5. The number of nitrogens with zero attached hydrogens (tertiary/aromatic N) is 1. The number of hydrogen-bond acceptors (Lipinski definition) is 7. The number of phenolic OH excluding ortho intramolecular Hbond substituents is 1. The molecule has 0 saturated heterocycles. The van der Waals surface area contributed by atoms with Crippen molar-refractivity contribution in [2.75, 3.05) is 11.9 Å². The Bertz CT molecular complexity index is 1180. The Morgan fingerprint density at radius 2 is 1.94 bits per heavy atom. The van der Waals surface area contributed by atoms with Gasteiger partial charge in [0.15, 0.2) is 5.76 Å². The number of phenols is 1. The fraction of sp³-hybridized carbons (Fsp3) is 0.0952. The smallest absolute Gasteiger partial charge is 0.345 e. The Hall–Kier alpha value is -2.76. The lowest BCUT2D eigenvalue weighted by Gasteiger charge is -2.06. The number of carbonyl (C=O) groups excluding carboxylic acids is 2. The summed E-state index contributed by atoms with van der Waals surface area (Å²) in [5, 5.41) is 17.0. The van der Waals surface area contributed by atoms with Gasteiger partial charge in [-0.25, -0.2) is 10.2 Å². The molecule has 8 nitrogen and oxygen atoms in total. The highest BCUT2D eigenvalue weighted by atomic mass is 127. The molecule has 1 amide bonds. The van der Waals surface area contributed by atoms with Gasteiger partial charge in [0.05, 0.1) is 16.4 Å². The van der Waals surface area contributed by atoms with Gasteiger partial charge in [0, 0.05) is 16.3 Å². The molecule has 0 aliphatic carbocycles. The summed E-state index contributed by atoms with van der Waals surface area (Å²) in [6.07, 6.45) is 1.16. The quantitative estimate of drug-likeness (QED) is 0.144. The highest BCUT2D eigenvalue weighted by Crippen LogP contribution is 2.34. The van der Waals surface area contributed by atoms with Crippen molar-refractivity contribution < 1.29 is 23.8 Å². The second-order valence-electron chi connectivity index (χ2n) is 6.20. The molecule has 0 unspecified atom stereocenters. The Balaban J connectivity index is 1.83. The van der Waals surface area contributed by atoms with E-state index in [0.717, 1.165) is 6.21 Å². The maximum absolute atomic E-state index is 12.4. The van der Waals surface area contributed by atoms with Gasteiger partial charge in [0.2, 0.25) is 5.88 Å². The SMILES string of the molecule is CCOC(=O)c1c(Nc2ccc(Cl)cc2)oc(/C=N\NC(=O)c2ccc(I)c(O)c2)c1Cl. The van der Waals surface area contributed by atoms with Gasteiger partial charge in [-0.2, -0.15) is 5.10 Å². The third-order valence-electron chi connectivity index (χ3n) is 4.01. The summed E-state index contributed by atoms with van der Waals surface area (Å²) in [5.41, 5.74) is 3.10. The highest BCUT2D eigenvalue weighted by Gasteiger charge is 2.25. The van der Waals surface area contributed by atoms with Crippen LogP contribution in [-0.4, -0.2) is 29.8 Å². The first-order valence-corrected chi connectivity index (χ1v) is 11.0. The standard InChI is InChI=1S/C21H16Cl2IN3O5/c1-2-31-21(30)17-18(23)16(32-20(17)26-13-6-4-12(22)5-7-13)10-25-27-19(29)11-3-8-14(24)15(28)9-11/h3-10,26,28H,2H2,1H3,(H,27,29)/b25-10-. The molecular weight excluding hydrogens is 572 g/mol. The maximum Gasteiger partial charge on any atom is 0.345 e. The summed E-state index contributed by atoms with van der Waals surface area (Å²) < 4.78 is 11.3. The van der Waals surface area contributed by atoms with Crippen LogP contribution in [0.2, 0.25) is 10.0 Å². The van der Waals surface area contributed by atoms with E-state index in [4.69, 9.17) is 32.4 Å². The molecule has 11 heteroatoms. The van der Waals surface area contributed by atoms with Crippen molar-refractivity contribution in [3.63, 3.8) is 0 Å². The summed E-state index contributed by atoms with van der Waals surface area (Å²) >= 11 is 14.2. The summed E-state index contributed by atoms with van der Waals surface area (Å²) in [6.45, 7) is 1.81. The van der Waals surface area contributed by atoms with Gasteiger partial charge in [0.25, 0.3) is 5.91 Å². The molecule has 0 aliphatic rings. The largest absolute Gasteiger partial charge is 0.507 e. The monoisotopic (exact) mass is 587 g/mol. The highest BCUT2D eigenvalue weighted by molar-refractivity contribution is 14.1. The number of aromatic hydroxyl groups is 1. The van der Waals surface area contributed by atoms with E-state index < -0.39 is 11.9 Å². The van der Waals surface area contributed by atoms with Crippen molar-refractivity contribution in [1.82, 2.24) is 5.43 Å². The minimum atomic E-state index is -0.684. The molecule has 0 spiro atoms. The van der Waals surface area contributed by atoms with Gasteiger partial charge in [-0.1, -0.05) is 23.2 Å². The number of hydrogen-bond donors (Lipinski definition) is 3. The second kappa shape index (κ2) is 10.7. The van der Waals surface area contributed by atoms with Crippen LogP contribution in [0.15, 0.2) is 52.0 Å². The number of ether oxygens (including phenoxy) is 1. The number of nitrogens with one attached hydrogen (secondary N) is 2. The molecule has 32 heavy (non-hydrogen) atoms. The van der Waals surface area contributed by atoms with E-state index in [0.29, 0.717) is 14.3 Å². The number of amides is 1. The molecule has 0 aliphatic heterocycles. The minimum absolute atomic E-state index is 0.0150. The van der Waals surface area contributed by atoms with Crippen molar-refractivity contribution in [1.29, 1.82) is 0 Å². The number of hydrazone groups is 1. The van der Waals surface area contributed by atoms with E-state index >= 15 is 0 Å². The Morgan fingerprint density at radius 3 is 2.59 bits per heavy atom. The van der Waals surface area contributed by atoms with Crippen molar-refractivity contribution in [3.8, 4) is 5.75 Å². The number of rotatable bonds is 7. The summed E-state index contributed by atoms with van der Waals surface area (Å²) in [4.78, 5) is 24.6. The molecule has 0 atom stereocenters. The van der Waals surface area contributed by atoms with Gasteiger partial charge < -0.3 is 19.6 Å². The van der Waals surface area contributed by atoms with Crippen LogP contribution >= 0.6 is 45.8 Å². The number of esters is 1. The topological polar surface area (TPSA) is 113 Å². The van der Waals surface area contributed by atoms with Crippen LogP contribution in [0.5, 0.6) is 5.75 Å². The Morgan fingerprint density at radius 1 is 1.22 bits per heavy atom. The fourth-order valence-corrected chi connectivity index (χ4v) is 3.23. The average molecular weight is 588 g/mol. The van der Waals surface area contributed by atoms with Gasteiger partial charge in [-0.15, -0.1) is 0 Å². The van der Waals surface area contributed by atoms with Crippen LogP contribution in [0, 0.1) is 3.57 Å². The first-order chi connectivity index (χ1) is 15.3. The van der Waals surface area contributed by atoms with Crippen molar-refractivity contribution in [3.05, 3.63) is 73.0 Å². The van der Waals surface area contributed by atoms with E-state index in [1.807, 2.05) is 22.6 Å². The van der Waals surface area contributed by atoms with Gasteiger partial charge in [-0.05, 0) is 72.0 Å². The first kappa shape index (κ1) is 23.9. The molecule has 3 rings (SSSR count). The molecule has 166 valence electrons. The summed E-state index contributed by atoms with van der Waals surface area (Å²) in [5.74, 6) is -1.19. The zero-order valence-corrected chi connectivity index (χ0v) is 20.2. The predicted molar refractivity (Wildman–Crippen MR) is 130 cm³/mol. The molecule has 0 radical (unpaired) electrons. The van der Waals surface area contributed by atoms with Crippen LogP contribution in [-0.2, 0) is 4.74 Å². The van der Waals surface area contributed by atoms with Crippen molar-refractivity contribution in [2.24, 2.45) is 5.10 Å². The lowest BCUT2D eigenvalue weighted by Crippen LogP contribution is -2.17. The Kier molecular flexibility index (Phi) is 7.99. The number of carbonyl (C=O) groups is 2. The number of furan rings is 1. The molecule has 1 aromatic heterocycles. The molecule has 0 bridgehead atoms. The molecule has 2 aromatic carbocycles.